The highest BCUT2D eigenvalue weighted by atomic mass is 79.9. The fourth-order valence-electron chi connectivity index (χ4n) is 1.70. The van der Waals surface area contributed by atoms with Crippen LogP contribution in [0.5, 0.6) is 0 Å². The molecule has 2 aromatic rings. The van der Waals surface area contributed by atoms with Gasteiger partial charge in [-0.1, -0.05) is 31.9 Å². The van der Waals surface area contributed by atoms with Gasteiger partial charge < -0.3 is 4.42 Å². The first-order valence-corrected chi connectivity index (χ1v) is 6.64. The molecule has 0 saturated heterocycles. The minimum Gasteiger partial charge on any atom is -0.466 e. The van der Waals surface area contributed by atoms with Crippen LogP contribution in [0.2, 0.25) is 0 Å². The van der Waals surface area contributed by atoms with Gasteiger partial charge in [-0.2, -0.15) is 0 Å². The summed E-state index contributed by atoms with van der Waals surface area (Å²) in [6.45, 7) is 3.63. The summed E-state index contributed by atoms with van der Waals surface area (Å²) in [6, 6.07) is 7.26. The molecule has 0 unspecified atom stereocenters. The van der Waals surface area contributed by atoms with E-state index in [0.717, 1.165) is 14.7 Å². The van der Waals surface area contributed by atoms with Gasteiger partial charge in [-0.3, -0.25) is 4.79 Å². The summed E-state index contributed by atoms with van der Waals surface area (Å²) in [5, 5.41) is 0. The van der Waals surface area contributed by atoms with Crippen LogP contribution in [0.3, 0.4) is 0 Å². The largest absolute Gasteiger partial charge is 0.466 e. The number of aryl methyl sites for hydroxylation is 2. The molecule has 0 saturated carbocycles. The predicted octanol–water partition coefficient (Wildman–Crippen LogP) is 4.65. The topological polar surface area (TPSA) is 30.2 Å². The second-order valence-corrected chi connectivity index (χ2v) is 5.65. The summed E-state index contributed by atoms with van der Waals surface area (Å²) in [4.78, 5) is 12.3. The van der Waals surface area contributed by atoms with Crippen LogP contribution in [0.1, 0.15) is 27.4 Å². The molecule has 1 heterocycles. The van der Waals surface area contributed by atoms with Crippen LogP contribution in [0.25, 0.3) is 0 Å². The average Bonchev–Trinajstić information content (AvgIpc) is 2.55. The van der Waals surface area contributed by atoms with Gasteiger partial charge in [0.25, 0.3) is 0 Å². The van der Waals surface area contributed by atoms with Crippen molar-refractivity contribution in [3.05, 3.63) is 55.9 Å². The summed E-state index contributed by atoms with van der Waals surface area (Å²) >= 11 is 6.74. The Balaban J connectivity index is 2.47. The summed E-state index contributed by atoms with van der Waals surface area (Å²) in [7, 11) is 0. The summed E-state index contributed by atoms with van der Waals surface area (Å²) in [5.74, 6) is 1.38. The van der Waals surface area contributed by atoms with E-state index in [4.69, 9.17) is 4.42 Å². The van der Waals surface area contributed by atoms with Crippen molar-refractivity contribution < 1.29 is 9.21 Å². The van der Waals surface area contributed by atoms with E-state index < -0.39 is 0 Å². The van der Waals surface area contributed by atoms with Crippen molar-refractivity contribution in [2.45, 2.75) is 13.8 Å². The lowest BCUT2D eigenvalue weighted by molar-refractivity contribution is 0.103. The molecule has 0 radical (unpaired) electrons. The molecule has 0 amide bonds. The normalized spacial score (nSPS) is 10.6. The second kappa shape index (κ2) is 4.78. The molecule has 1 aromatic heterocycles. The number of ketones is 1. The van der Waals surface area contributed by atoms with Gasteiger partial charge in [0.15, 0.2) is 5.78 Å². The van der Waals surface area contributed by atoms with E-state index in [-0.39, 0.29) is 5.78 Å². The molecule has 0 bridgehead atoms. The van der Waals surface area contributed by atoms with Gasteiger partial charge >= 0.3 is 0 Å². The molecule has 17 heavy (non-hydrogen) atoms. The van der Waals surface area contributed by atoms with E-state index in [9.17, 15) is 4.79 Å². The fraction of sp³-hybridized carbons (Fsp3) is 0.154. The number of halogens is 2. The van der Waals surface area contributed by atoms with Crippen molar-refractivity contribution in [2.75, 3.05) is 0 Å². The molecule has 0 spiro atoms. The van der Waals surface area contributed by atoms with Gasteiger partial charge in [0.2, 0.25) is 0 Å². The van der Waals surface area contributed by atoms with E-state index in [2.05, 4.69) is 31.9 Å². The van der Waals surface area contributed by atoms with E-state index in [1.807, 2.05) is 13.0 Å². The third kappa shape index (κ3) is 2.69. The van der Waals surface area contributed by atoms with Crippen LogP contribution in [-0.2, 0) is 0 Å². The molecule has 0 N–H and O–H groups in total. The zero-order valence-corrected chi connectivity index (χ0v) is 12.6. The van der Waals surface area contributed by atoms with E-state index in [1.165, 1.54) is 0 Å². The molecular weight excluding hydrogens is 348 g/mol. The summed E-state index contributed by atoms with van der Waals surface area (Å²) in [5.41, 5.74) is 1.25. The SMILES string of the molecule is Cc1cc(C(=O)c2cc(Br)cc(Br)c2)c(C)o1. The van der Waals surface area contributed by atoms with Crippen molar-refractivity contribution in [3.63, 3.8) is 0 Å². The molecule has 88 valence electrons. The van der Waals surface area contributed by atoms with Crippen molar-refractivity contribution in [3.8, 4) is 0 Å². The first-order chi connectivity index (χ1) is 7.97. The molecule has 0 fully saturated rings. The van der Waals surface area contributed by atoms with Crippen LogP contribution in [0, 0.1) is 13.8 Å². The lowest BCUT2D eigenvalue weighted by Crippen LogP contribution is -2.01. The van der Waals surface area contributed by atoms with Crippen molar-refractivity contribution in [2.24, 2.45) is 0 Å². The van der Waals surface area contributed by atoms with E-state index >= 15 is 0 Å². The number of rotatable bonds is 2. The number of carbonyl (C=O) groups is 1. The van der Waals surface area contributed by atoms with Crippen LogP contribution < -0.4 is 0 Å². The van der Waals surface area contributed by atoms with Gasteiger partial charge in [-0.15, -0.1) is 0 Å². The maximum atomic E-state index is 12.3. The maximum Gasteiger partial charge on any atom is 0.196 e. The first-order valence-electron chi connectivity index (χ1n) is 5.05. The molecule has 2 rings (SSSR count). The Bertz CT molecular complexity index is 565. The average molecular weight is 358 g/mol. The van der Waals surface area contributed by atoms with Crippen LogP contribution >= 0.6 is 31.9 Å². The van der Waals surface area contributed by atoms with Gasteiger partial charge in [0, 0.05) is 14.5 Å². The first kappa shape index (κ1) is 12.6. The highest BCUT2D eigenvalue weighted by molar-refractivity contribution is 9.11. The van der Waals surface area contributed by atoms with Crippen LogP contribution in [0.4, 0.5) is 0 Å². The quantitative estimate of drug-likeness (QED) is 0.732. The van der Waals surface area contributed by atoms with Crippen molar-refractivity contribution in [1.29, 1.82) is 0 Å². The summed E-state index contributed by atoms with van der Waals surface area (Å²) < 4.78 is 7.11. The van der Waals surface area contributed by atoms with Crippen LogP contribution in [0.15, 0.2) is 37.6 Å². The maximum absolute atomic E-state index is 12.3. The van der Waals surface area contributed by atoms with E-state index in [1.54, 1.807) is 25.1 Å². The number of furan rings is 1. The van der Waals surface area contributed by atoms with Crippen LogP contribution in [-0.4, -0.2) is 5.78 Å². The van der Waals surface area contributed by atoms with Gasteiger partial charge in [-0.25, -0.2) is 0 Å². The smallest absolute Gasteiger partial charge is 0.196 e. The molecule has 0 aliphatic heterocycles. The van der Waals surface area contributed by atoms with Gasteiger partial charge in [0.05, 0.1) is 5.56 Å². The molecule has 0 aliphatic rings. The third-order valence-electron chi connectivity index (χ3n) is 2.41. The monoisotopic (exact) mass is 356 g/mol. The van der Waals surface area contributed by atoms with E-state index in [0.29, 0.717) is 16.9 Å². The van der Waals surface area contributed by atoms with Crippen molar-refractivity contribution in [1.82, 2.24) is 0 Å². The number of carbonyl (C=O) groups excluding carboxylic acids is 1. The number of hydrogen-bond donors (Lipinski definition) is 0. The Kier molecular flexibility index (Phi) is 3.54. The Labute approximate surface area is 116 Å². The second-order valence-electron chi connectivity index (χ2n) is 3.81. The standard InChI is InChI=1S/C13H10Br2O2/c1-7-3-12(8(2)17-7)13(16)9-4-10(14)6-11(15)5-9/h3-6H,1-2H3. The summed E-state index contributed by atoms with van der Waals surface area (Å²) in [6.07, 6.45) is 0. The lowest BCUT2D eigenvalue weighted by Gasteiger charge is -2.01. The number of hydrogen-bond acceptors (Lipinski definition) is 2. The molecule has 0 aliphatic carbocycles. The molecule has 4 heteroatoms. The Morgan fingerprint density at radius 2 is 1.65 bits per heavy atom. The molecule has 2 nitrogen and oxygen atoms in total. The highest BCUT2D eigenvalue weighted by Gasteiger charge is 2.16. The van der Waals surface area contributed by atoms with Crippen molar-refractivity contribution >= 4 is 37.6 Å². The molecular formula is C13H10Br2O2. The minimum atomic E-state index is -0.0265. The van der Waals surface area contributed by atoms with Gasteiger partial charge in [-0.05, 0) is 38.1 Å². The zero-order chi connectivity index (χ0) is 12.6. The Morgan fingerprint density at radius 1 is 1.06 bits per heavy atom. The Morgan fingerprint density at radius 3 is 2.12 bits per heavy atom. The minimum absolute atomic E-state index is 0.0265. The predicted molar refractivity (Wildman–Crippen MR) is 73.5 cm³/mol. The Hall–Kier alpha value is -0.870. The molecule has 1 aromatic carbocycles. The number of benzene rings is 1. The zero-order valence-electron chi connectivity index (χ0n) is 9.38. The van der Waals surface area contributed by atoms with Gasteiger partial charge in [0.1, 0.15) is 11.5 Å². The third-order valence-corrected chi connectivity index (χ3v) is 3.33. The lowest BCUT2D eigenvalue weighted by atomic mass is 10.0. The fourth-order valence-corrected chi connectivity index (χ4v) is 2.99. The molecule has 0 atom stereocenters. The highest BCUT2D eigenvalue weighted by Crippen LogP contribution is 2.24.